The van der Waals surface area contributed by atoms with Crippen molar-refractivity contribution in [2.24, 2.45) is 5.92 Å². The quantitative estimate of drug-likeness (QED) is 0.884. The Kier molecular flexibility index (Phi) is 3.47. The van der Waals surface area contributed by atoms with E-state index in [0.717, 1.165) is 17.7 Å². The fourth-order valence-electron chi connectivity index (χ4n) is 2.89. The molecule has 0 spiro atoms. The normalized spacial score (nSPS) is 23.8. The molecule has 0 radical (unpaired) electrons. The van der Waals surface area contributed by atoms with E-state index in [1.165, 1.54) is 12.8 Å². The lowest BCUT2D eigenvalue weighted by atomic mass is 10.00. The summed E-state index contributed by atoms with van der Waals surface area (Å²) in [6.07, 6.45) is 4.70. The van der Waals surface area contributed by atoms with Crippen molar-refractivity contribution < 1.29 is 9.59 Å². The van der Waals surface area contributed by atoms with Gasteiger partial charge in [0.05, 0.1) is 0 Å². The number of hydrogen-bond donors (Lipinski definition) is 2. The van der Waals surface area contributed by atoms with E-state index >= 15 is 0 Å². The zero-order chi connectivity index (χ0) is 14.1. The van der Waals surface area contributed by atoms with Crippen LogP contribution in [0.2, 0.25) is 0 Å². The summed E-state index contributed by atoms with van der Waals surface area (Å²) < 4.78 is 0. The lowest BCUT2D eigenvalue weighted by Crippen LogP contribution is -2.27. The summed E-state index contributed by atoms with van der Waals surface area (Å²) in [6, 6.07) is 5.88. The maximum Gasteiger partial charge on any atom is 0.251 e. The van der Waals surface area contributed by atoms with Crippen LogP contribution < -0.4 is 10.6 Å². The van der Waals surface area contributed by atoms with E-state index in [0.29, 0.717) is 30.4 Å². The molecule has 3 rings (SSSR count). The van der Waals surface area contributed by atoms with Crippen molar-refractivity contribution >= 4 is 17.5 Å². The van der Waals surface area contributed by atoms with E-state index in [-0.39, 0.29) is 11.8 Å². The Morgan fingerprint density at radius 2 is 2.25 bits per heavy atom. The third-order valence-electron chi connectivity index (χ3n) is 4.16. The Morgan fingerprint density at radius 1 is 1.40 bits per heavy atom. The number of carbonyl (C=O) groups excluding carboxylic acids is 2. The summed E-state index contributed by atoms with van der Waals surface area (Å²) in [6.45, 7) is 2.18. The zero-order valence-electron chi connectivity index (χ0n) is 11.7. The molecule has 1 aliphatic heterocycles. The van der Waals surface area contributed by atoms with Crippen molar-refractivity contribution in [1.29, 1.82) is 0 Å². The zero-order valence-corrected chi connectivity index (χ0v) is 11.7. The number of anilines is 1. The van der Waals surface area contributed by atoms with Crippen LogP contribution in [0.5, 0.6) is 0 Å². The van der Waals surface area contributed by atoms with Gasteiger partial charge >= 0.3 is 0 Å². The van der Waals surface area contributed by atoms with Gasteiger partial charge in [-0.1, -0.05) is 13.3 Å². The molecule has 0 aromatic heterocycles. The number of amides is 2. The van der Waals surface area contributed by atoms with Gasteiger partial charge in [0.25, 0.3) is 5.91 Å². The molecule has 2 aliphatic rings. The highest BCUT2D eigenvalue weighted by molar-refractivity contribution is 5.98. The van der Waals surface area contributed by atoms with Crippen LogP contribution in [0, 0.1) is 5.92 Å². The number of benzene rings is 1. The lowest BCUT2D eigenvalue weighted by Gasteiger charge is -2.17. The predicted octanol–water partition coefficient (Wildman–Crippen LogP) is 2.49. The molecule has 20 heavy (non-hydrogen) atoms. The molecule has 106 valence electrons. The first-order valence-corrected chi connectivity index (χ1v) is 7.41. The van der Waals surface area contributed by atoms with E-state index in [1.54, 1.807) is 6.07 Å². The van der Waals surface area contributed by atoms with Gasteiger partial charge in [-0.3, -0.25) is 9.59 Å². The minimum absolute atomic E-state index is 0.00769. The summed E-state index contributed by atoms with van der Waals surface area (Å²) in [5, 5.41) is 5.93. The number of hydrogen-bond acceptors (Lipinski definition) is 2. The minimum Gasteiger partial charge on any atom is -0.349 e. The van der Waals surface area contributed by atoms with Crippen molar-refractivity contribution in [2.45, 2.75) is 45.1 Å². The standard InChI is InChI=1S/C16H20N2O2/c1-2-3-10-9-14(10)18-16(20)12-4-6-13-11(8-12)5-7-15(19)17-13/h4,6,8,10,14H,2-3,5,7,9H2,1H3,(H,17,19)(H,18,20). The topological polar surface area (TPSA) is 58.2 Å². The van der Waals surface area contributed by atoms with Crippen LogP contribution in [0.1, 0.15) is 48.5 Å². The molecule has 2 atom stereocenters. The first-order valence-electron chi connectivity index (χ1n) is 7.41. The highest BCUT2D eigenvalue weighted by Gasteiger charge is 2.37. The molecule has 0 saturated heterocycles. The fraction of sp³-hybridized carbons (Fsp3) is 0.500. The predicted molar refractivity (Wildman–Crippen MR) is 77.7 cm³/mol. The van der Waals surface area contributed by atoms with Crippen LogP contribution in [-0.4, -0.2) is 17.9 Å². The maximum atomic E-state index is 12.2. The third kappa shape index (κ3) is 2.69. The van der Waals surface area contributed by atoms with E-state index in [9.17, 15) is 9.59 Å². The Hall–Kier alpha value is -1.84. The van der Waals surface area contributed by atoms with E-state index < -0.39 is 0 Å². The highest BCUT2D eigenvalue weighted by Crippen LogP contribution is 2.34. The largest absolute Gasteiger partial charge is 0.349 e. The van der Waals surface area contributed by atoms with Crippen LogP contribution in [0.3, 0.4) is 0 Å². The molecule has 1 fully saturated rings. The summed E-state index contributed by atoms with van der Waals surface area (Å²) in [7, 11) is 0. The fourth-order valence-corrected chi connectivity index (χ4v) is 2.89. The average molecular weight is 272 g/mol. The lowest BCUT2D eigenvalue weighted by molar-refractivity contribution is -0.116. The first kappa shape index (κ1) is 13.2. The van der Waals surface area contributed by atoms with Crippen LogP contribution in [0.15, 0.2) is 18.2 Å². The molecule has 1 aromatic rings. The van der Waals surface area contributed by atoms with Gasteiger partial charge in [-0.05, 0) is 48.9 Å². The number of carbonyl (C=O) groups is 2. The molecule has 1 aromatic carbocycles. The van der Waals surface area contributed by atoms with Crippen molar-refractivity contribution in [3.05, 3.63) is 29.3 Å². The van der Waals surface area contributed by atoms with Crippen LogP contribution >= 0.6 is 0 Å². The summed E-state index contributed by atoms with van der Waals surface area (Å²) in [5.74, 6) is 0.726. The average Bonchev–Trinajstić information content (AvgIpc) is 3.16. The molecule has 2 amide bonds. The first-order chi connectivity index (χ1) is 9.67. The van der Waals surface area contributed by atoms with E-state index in [4.69, 9.17) is 0 Å². The number of fused-ring (bicyclic) bond motifs is 1. The Balaban J connectivity index is 1.66. The number of rotatable bonds is 4. The molecule has 0 bridgehead atoms. The summed E-state index contributed by atoms with van der Waals surface area (Å²) in [4.78, 5) is 23.5. The number of aryl methyl sites for hydroxylation is 1. The van der Waals surface area contributed by atoms with Gasteiger partial charge in [-0.25, -0.2) is 0 Å². The van der Waals surface area contributed by atoms with Crippen LogP contribution in [0.4, 0.5) is 5.69 Å². The molecule has 1 heterocycles. The summed E-state index contributed by atoms with van der Waals surface area (Å²) >= 11 is 0. The van der Waals surface area contributed by atoms with Gasteiger partial charge in [0.1, 0.15) is 0 Å². The van der Waals surface area contributed by atoms with Gasteiger partial charge in [0.2, 0.25) is 5.91 Å². The van der Waals surface area contributed by atoms with Crippen LogP contribution in [-0.2, 0) is 11.2 Å². The van der Waals surface area contributed by atoms with Gasteiger partial charge < -0.3 is 10.6 Å². The second-order valence-corrected chi connectivity index (χ2v) is 5.78. The highest BCUT2D eigenvalue weighted by atomic mass is 16.2. The molecule has 4 heteroatoms. The Bertz CT molecular complexity index is 553. The Morgan fingerprint density at radius 3 is 3.05 bits per heavy atom. The molecule has 2 unspecified atom stereocenters. The SMILES string of the molecule is CCCC1CC1NC(=O)c1ccc2c(c1)CCC(=O)N2. The smallest absolute Gasteiger partial charge is 0.251 e. The second-order valence-electron chi connectivity index (χ2n) is 5.78. The summed E-state index contributed by atoms with van der Waals surface area (Å²) in [5.41, 5.74) is 2.59. The van der Waals surface area contributed by atoms with E-state index in [2.05, 4.69) is 17.6 Å². The van der Waals surface area contributed by atoms with Gasteiger partial charge in [-0.15, -0.1) is 0 Å². The molecule has 4 nitrogen and oxygen atoms in total. The monoisotopic (exact) mass is 272 g/mol. The third-order valence-corrected chi connectivity index (χ3v) is 4.16. The van der Waals surface area contributed by atoms with Crippen molar-refractivity contribution in [3.63, 3.8) is 0 Å². The van der Waals surface area contributed by atoms with Crippen molar-refractivity contribution in [2.75, 3.05) is 5.32 Å². The molecular formula is C16H20N2O2. The van der Waals surface area contributed by atoms with Gasteiger partial charge in [-0.2, -0.15) is 0 Å². The Labute approximate surface area is 118 Å². The van der Waals surface area contributed by atoms with Crippen LogP contribution in [0.25, 0.3) is 0 Å². The van der Waals surface area contributed by atoms with Gasteiger partial charge in [0, 0.05) is 23.7 Å². The van der Waals surface area contributed by atoms with Crippen molar-refractivity contribution in [3.8, 4) is 0 Å². The molecule has 2 N–H and O–H groups in total. The molecular weight excluding hydrogens is 252 g/mol. The maximum absolute atomic E-state index is 12.2. The van der Waals surface area contributed by atoms with Gasteiger partial charge in [0.15, 0.2) is 0 Å². The second kappa shape index (κ2) is 5.27. The number of nitrogens with one attached hydrogen (secondary N) is 2. The minimum atomic E-state index is 0.00769. The van der Waals surface area contributed by atoms with E-state index in [1.807, 2.05) is 12.1 Å². The molecule has 1 saturated carbocycles. The van der Waals surface area contributed by atoms with Crippen molar-refractivity contribution in [1.82, 2.24) is 5.32 Å². The molecule has 1 aliphatic carbocycles.